The topological polar surface area (TPSA) is 54.5 Å². The number of halogens is 1. The van der Waals surface area contributed by atoms with E-state index in [9.17, 15) is 13.2 Å². The molecule has 0 atom stereocenters. The molecule has 6 heteroatoms. The minimum atomic E-state index is -3.74. The molecule has 0 N–H and O–H groups in total. The Hall–Kier alpha value is -1.66. The van der Waals surface area contributed by atoms with E-state index in [0.29, 0.717) is 0 Å². The molecule has 0 saturated heterocycles. The molecule has 1 aliphatic rings. The van der Waals surface area contributed by atoms with E-state index in [1.54, 1.807) is 18.2 Å². The molecule has 0 spiro atoms. The molecular weight excluding hydrogens is 354 g/mol. The lowest BCUT2D eigenvalue weighted by atomic mass is 10.1. The summed E-state index contributed by atoms with van der Waals surface area (Å²) < 4.78 is 26.8. The van der Waals surface area contributed by atoms with Gasteiger partial charge in [-0.05, 0) is 36.2 Å². The highest BCUT2D eigenvalue weighted by Gasteiger charge is 2.40. The molecule has 0 bridgehead atoms. The normalized spacial score (nSPS) is 16.1. The third kappa shape index (κ3) is 2.28. The van der Waals surface area contributed by atoms with Crippen molar-refractivity contribution in [1.82, 2.24) is 4.31 Å². The molecule has 1 aliphatic heterocycles. The van der Waals surface area contributed by atoms with Gasteiger partial charge in [0, 0.05) is 4.47 Å². The lowest BCUT2D eigenvalue weighted by Gasteiger charge is -2.15. The van der Waals surface area contributed by atoms with Crippen molar-refractivity contribution in [2.45, 2.75) is 18.4 Å². The summed E-state index contributed by atoms with van der Waals surface area (Å²) in [6, 6.07) is 11.8. The third-order valence-electron chi connectivity index (χ3n) is 3.46. The average Bonchev–Trinajstić information content (AvgIpc) is 2.65. The predicted molar refractivity (Wildman–Crippen MR) is 82.4 cm³/mol. The van der Waals surface area contributed by atoms with Crippen LogP contribution in [0.2, 0.25) is 0 Å². The summed E-state index contributed by atoms with van der Waals surface area (Å²) in [6.07, 6.45) is 0. The van der Waals surface area contributed by atoms with Crippen molar-refractivity contribution in [2.24, 2.45) is 0 Å². The first-order valence-corrected chi connectivity index (χ1v) is 8.55. The van der Waals surface area contributed by atoms with Crippen molar-refractivity contribution in [3.05, 3.63) is 63.6 Å². The SMILES string of the molecule is Cc1cc(CN2C(=O)c3ccccc3S2(=O)=O)ccc1Br. The zero-order valence-electron chi connectivity index (χ0n) is 11.2. The Morgan fingerprint density at radius 2 is 1.86 bits per heavy atom. The van der Waals surface area contributed by atoms with E-state index in [1.807, 2.05) is 25.1 Å². The van der Waals surface area contributed by atoms with Crippen molar-refractivity contribution in [3.63, 3.8) is 0 Å². The van der Waals surface area contributed by atoms with Crippen LogP contribution in [0.25, 0.3) is 0 Å². The van der Waals surface area contributed by atoms with Gasteiger partial charge in [0.2, 0.25) is 0 Å². The number of hydrogen-bond acceptors (Lipinski definition) is 3. The fourth-order valence-electron chi connectivity index (χ4n) is 2.36. The Kier molecular flexibility index (Phi) is 3.37. The summed E-state index contributed by atoms with van der Waals surface area (Å²) in [4.78, 5) is 12.4. The monoisotopic (exact) mass is 365 g/mol. The summed E-state index contributed by atoms with van der Waals surface area (Å²) in [5, 5.41) is 0. The van der Waals surface area contributed by atoms with Gasteiger partial charge in [0.05, 0.1) is 12.1 Å². The number of fused-ring (bicyclic) bond motifs is 1. The quantitative estimate of drug-likeness (QED) is 0.821. The lowest BCUT2D eigenvalue weighted by molar-refractivity contribution is 0.0865. The Labute approximate surface area is 131 Å². The molecule has 0 unspecified atom stereocenters. The minimum Gasteiger partial charge on any atom is -0.268 e. The maximum Gasteiger partial charge on any atom is 0.269 e. The number of benzene rings is 2. The van der Waals surface area contributed by atoms with Crippen molar-refractivity contribution in [2.75, 3.05) is 0 Å². The lowest BCUT2D eigenvalue weighted by Crippen LogP contribution is -2.29. The largest absolute Gasteiger partial charge is 0.269 e. The van der Waals surface area contributed by atoms with E-state index in [1.165, 1.54) is 6.07 Å². The molecule has 108 valence electrons. The highest BCUT2D eigenvalue weighted by molar-refractivity contribution is 9.10. The molecule has 0 aromatic heterocycles. The molecule has 3 rings (SSSR count). The fourth-order valence-corrected chi connectivity index (χ4v) is 4.16. The molecule has 0 radical (unpaired) electrons. The zero-order valence-corrected chi connectivity index (χ0v) is 13.6. The van der Waals surface area contributed by atoms with Gasteiger partial charge in [0.1, 0.15) is 4.90 Å². The van der Waals surface area contributed by atoms with Crippen molar-refractivity contribution >= 4 is 31.9 Å². The first kappa shape index (κ1) is 14.3. The molecule has 4 nitrogen and oxygen atoms in total. The summed E-state index contributed by atoms with van der Waals surface area (Å²) in [5.74, 6) is -0.467. The van der Waals surface area contributed by atoms with Crippen LogP contribution in [-0.4, -0.2) is 18.6 Å². The first-order chi connectivity index (χ1) is 9.91. The van der Waals surface area contributed by atoms with Crippen molar-refractivity contribution in [1.29, 1.82) is 0 Å². The Morgan fingerprint density at radius 3 is 2.52 bits per heavy atom. The van der Waals surface area contributed by atoms with E-state index in [0.717, 1.165) is 19.9 Å². The maximum atomic E-state index is 12.4. The van der Waals surface area contributed by atoms with Gasteiger partial charge in [0.25, 0.3) is 15.9 Å². The number of rotatable bonds is 2. The van der Waals surface area contributed by atoms with Gasteiger partial charge in [-0.25, -0.2) is 12.7 Å². The second kappa shape index (κ2) is 4.96. The van der Waals surface area contributed by atoms with E-state index in [4.69, 9.17) is 0 Å². The standard InChI is InChI=1S/C15H12BrNO3S/c1-10-8-11(6-7-13(10)16)9-17-15(18)12-4-2-3-5-14(12)21(17,19)20/h2-8H,9H2,1H3. The molecular formula is C15H12BrNO3S. The molecule has 2 aromatic carbocycles. The Bertz CT molecular complexity index is 846. The van der Waals surface area contributed by atoms with Gasteiger partial charge in [0.15, 0.2) is 0 Å². The van der Waals surface area contributed by atoms with E-state index < -0.39 is 15.9 Å². The van der Waals surface area contributed by atoms with E-state index in [2.05, 4.69) is 15.9 Å². The molecule has 2 aromatic rings. The fraction of sp³-hybridized carbons (Fsp3) is 0.133. The maximum absolute atomic E-state index is 12.4. The first-order valence-electron chi connectivity index (χ1n) is 6.32. The van der Waals surface area contributed by atoms with Crippen LogP contribution in [0.15, 0.2) is 51.8 Å². The van der Waals surface area contributed by atoms with Gasteiger partial charge in [-0.1, -0.05) is 40.2 Å². The van der Waals surface area contributed by atoms with Crippen LogP contribution in [-0.2, 0) is 16.6 Å². The Balaban J connectivity index is 2.01. The average molecular weight is 366 g/mol. The second-order valence-electron chi connectivity index (χ2n) is 4.90. The van der Waals surface area contributed by atoms with Crippen molar-refractivity contribution in [3.8, 4) is 0 Å². The highest BCUT2D eigenvalue weighted by Crippen LogP contribution is 2.31. The van der Waals surface area contributed by atoms with Crippen LogP contribution in [0.3, 0.4) is 0 Å². The van der Waals surface area contributed by atoms with Gasteiger partial charge in [-0.3, -0.25) is 4.79 Å². The molecule has 21 heavy (non-hydrogen) atoms. The second-order valence-corrected chi connectivity index (χ2v) is 7.58. The van der Waals surface area contributed by atoms with Gasteiger partial charge in [-0.15, -0.1) is 0 Å². The van der Waals surface area contributed by atoms with Crippen LogP contribution >= 0.6 is 15.9 Å². The van der Waals surface area contributed by atoms with Crippen LogP contribution < -0.4 is 0 Å². The van der Waals surface area contributed by atoms with Gasteiger partial charge < -0.3 is 0 Å². The minimum absolute atomic E-state index is 0.0456. The van der Waals surface area contributed by atoms with Crippen LogP contribution in [0.5, 0.6) is 0 Å². The number of sulfonamides is 1. The number of nitrogens with zero attached hydrogens (tertiary/aromatic N) is 1. The van der Waals surface area contributed by atoms with E-state index >= 15 is 0 Å². The van der Waals surface area contributed by atoms with Crippen molar-refractivity contribution < 1.29 is 13.2 Å². The van der Waals surface area contributed by atoms with Crippen LogP contribution in [0.4, 0.5) is 0 Å². The molecule has 0 saturated carbocycles. The summed E-state index contributed by atoms with van der Waals surface area (Å²) in [5.41, 5.74) is 2.01. The summed E-state index contributed by atoms with van der Waals surface area (Å²) >= 11 is 3.40. The molecule has 0 aliphatic carbocycles. The number of aryl methyl sites for hydroxylation is 1. The molecule has 0 fully saturated rings. The molecule has 1 heterocycles. The highest BCUT2D eigenvalue weighted by atomic mass is 79.9. The van der Waals surface area contributed by atoms with E-state index in [-0.39, 0.29) is 17.0 Å². The zero-order chi connectivity index (χ0) is 15.2. The molecule has 1 amide bonds. The smallest absolute Gasteiger partial charge is 0.268 e. The number of carbonyl (C=O) groups excluding carboxylic acids is 1. The third-order valence-corrected chi connectivity index (χ3v) is 6.14. The summed E-state index contributed by atoms with van der Waals surface area (Å²) in [7, 11) is -3.74. The number of carbonyl (C=O) groups is 1. The van der Waals surface area contributed by atoms with Crippen LogP contribution in [0.1, 0.15) is 21.5 Å². The number of amides is 1. The summed E-state index contributed by atoms with van der Waals surface area (Å²) in [6.45, 7) is 1.96. The van der Waals surface area contributed by atoms with Gasteiger partial charge in [-0.2, -0.15) is 0 Å². The predicted octanol–water partition coefficient (Wildman–Crippen LogP) is 3.10. The van der Waals surface area contributed by atoms with Gasteiger partial charge >= 0.3 is 0 Å². The van der Waals surface area contributed by atoms with Crippen LogP contribution in [0, 0.1) is 6.92 Å². The number of hydrogen-bond donors (Lipinski definition) is 0. The Morgan fingerprint density at radius 1 is 1.14 bits per heavy atom.